The second-order valence-corrected chi connectivity index (χ2v) is 4.31. The van der Waals surface area contributed by atoms with Crippen molar-refractivity contribution in [3.63, 3.8) is 0 Å². The van der Waals surface area contributed by atoms with Gasteiger partial charge in [0.05, 0.1) is 6.61 Å². The molecule has 0 aliphatic carbocycles. The minimum absolute atomic E-state index is 0.181. The SMILES string of the molecule is CCOC(=O)c1csc(-c2cc(O)cc(F)c2)n1. The molecule has 94 valence electrons. The van der Waals surface area contributed by atoms with Gasteiger partial charge in [-0.1, -0.05) is 0 Å². The van der Waals surface area contributed by atoms with Crippen LogP contribution in [-0.2, 0) is 4.74 Å². The van der Waals surface area contributed by atoms with Gasteiger partial charge in [0, 0.05) is 17.0 Å². The first-order chi connectivity index (χ1) is 8.60. The Labute approximate surface area is 107 Å². The van der Waals surface area contributed by atoms with Gasteiger partial charge in [0.25, 0.3) is 0 Å². The Bertz CT molecular complexity index is 562. The minimum atomic E-state index is -0.558. The molecule has 1 heterocycles. The van der Waals surface area contributed by atoms with Crippen LogP contribution in [0, 0.1) is 5.82 Å². The molecule has 0 bridgehead atoms. The highest BCUT2D eigenvalue weighted by Crippen LogP contribution is 2.27. The molecule has 6 heteroatoms. The van der Waals surface area contributed by atoms with Crippen LogP contribution in [-0.4, -0.2) is 22.7 Å². The van der Waals surface area contributed by atoms with Crippen molar-refractivity contribution in [1.29, 1.82) is 0 Å². The molecule has 0 amide bonds. The number of hydrogen-bond donors (Lipinski definition) is 1. The molecular formula is C12H10FNO3S. The first-order valence-electron chi connectivity index (χ1n) is 5.22. The first-order valence-corrected chi connectivity index (χ1v) is 6.10. The number of halogens is 1. The number of aromatic nitrogens is 1. The number of rotatable bonds is 3. The molecule has 4 nitrogen and oxygen atoms in total. The van der Waals surface area contributed by atoms with Gasteiger partial charge in [-0.25, -0.2) is 14.2 Å². The predicted octanol–water partition coefficient (Wildman–Crippen LogP) is 2.83. The van der Waals surface area contributed by atoms with Crippen molar-refractivity contribution in [3.05, 3.63) is 35.1 Å². The molecular weight excluding hydrogens is 257 g/mol. The lowest BCUT2D eigenvalue weighted by Crippen LogP contribution is -2.04. The van der Waals surface area contributed by atoms with E-state index in [-0.39, 0.29) is 18.1 Å². The molecule has 0 aliphatic rings. The lowest BCUT2D eigenvalue weighted by atomic mass is 10.2. The number of carbonyl (C=O) groups is 1. The van der Waals surface area contributed by atoms with Gasteiger partial charge < -0.3 is 9.84 Å². The second kappa shape index (κ2) is 5.14. The average Bonchev–Trinajstić information content (AvgIpc) is 2.77. The number of carbonyl (C=O) groups excluding carboxylic acids is 1. The van der Waals surface area contributed by atoms with Crippen LogP contribution in [0.1, 0.15) is 17.4 Å². The number of hydrogen-bond acceptors (Lipinski definition) is 5. The van der Waals surface area contributed by atoms with Crippen LogP contribution in [0.4, 0.5) is 4.39 Å². The molecule has 0 atom stereocenters. The topological polar surface area (TPSA) is 59.4 Å². The summed E-state index contributed by atoms with van der Waals surface area (Å²) in [6.45, 7) is 1.97. The van der Waals surface area contributed by atoms with Crippen LogP contribution in [0.2, 0.25) is 0 Å². The molecule has 0 spiro atoms. The predicted molar refractivity (Wildman–Crippen MR) is 65.1 cm³/mol. The quantitative estimate of drug-likeness (QED) is 0.869. The Morgan fingerprint density at radius 2 is 2.28 bits per heavy atom. The summed E-state index contributed by atoms with van der Waals surface area (Å²) in [5, 5.41) is 11.3. The van der Waals surface area contributed by atoms with Crippen molar-refractivity contribution in [3.8, 4) is 16.3 Å². The van der Waals surface area contributed by atoms with Gasteiger partial charge in [-0.3, -0.25) is 0 Å². The van der Waals surface area contributed by atoms with Gasteiger partial charge in [0.2, 0.25) is 0 Å². The Kier molecular flexibility index (Phi) is 3.57. The van der Waals surface area contributed by atoms with E-state index >= 15 is 0 Å². The summed E-state index contributed by atoms with van der Waals surface area (Å²) in [6, 6.07) is 3.63. The number of aromatic hydroxyl groups is 1. The van der Waals surface area contributed by atoms with Crippen LogP contribution in [0.25, 0.3) is 10.6 Å². The third-order valence-corrected chi connectivity index (χ3v) is 3.01. The smallest absolute Gasteiger partial charge is 0.357 e. The third kappa shape index (κ3) is 2.65. The van der Waals surface area contributed by atoms with E-state index in [1.54, 1.807) is 6.92 Å². The van der Waals surface area contributed by atoms with E-state index in [4.69, 9.17) is 4.74 Å². The molecule has 0 fully saturated rings. The van der Waals surface area contributed by atoms with E-state index in [0.29, 0.717) is 10.6 Å². The maximum atomic E-state index is 13.1. The van der Waals surface area contributed by atoms with Gasteiger partial charge in [-0.2, -0.15) is 0 Å². The summed E-state index contributed by atoms with van der Waals surface area (Å²) in [5.74, 6) is -1.25. The standard InChI is InChI=1S/C12H10FNO3S/c1-2-17-12(16)10-6-18-11(14-10)7-3-8(13)5-9(15)4-7/h3-6,15H,2H2,1H3. The summed E-state index contributed by atoms with van der Waals surface area (Å²) in [4.78, 5) is 15.5. The zero-order valence-electron chi connectivity index (χ0n) is 9.51. The van der Waals surface area contributed by atoms with Crippen LogP contribution in [0.5, 0.6) is 5.75 Å². The van der Waals surface area contributed by atoms with E-state index in [9.17, 15) is 14.3 Å². The van der Waals surface area contributed by atoms with Gasteiger partial charge in [-0.15, -0.1) is 11.3 Å². The number of phenolic OH excluding ortho intramolecular Hbond substituents is 1. The maximum absolute atomic E-state index is 13.1. The van der Waals surface area contributed by atoms with Gasteiger partial charge in [0.15, 0.2) is 5.69 Å². The fraction of sp³-hybridized carbons (Fsp3) is 0.167. The van der Waals surface area contributed by atoms with E-state index in [0.717, 1.165) is 6.07 Å². The van der Waals surface area contributed by atoms with E-state index < -0.39 is 11.8 Å². The largest absolute Gasteiger partial charge is 0.508 e. The zero-order chi connectivity index (χ0) is 13.1. The van der Waals surface area contributed by atoms with Gasteiger partial charge in [0.1, 0.15) is 16.6 Å². The molecule has 0 radical (unpaired) electrons. The molecule has 0 unspecified atom stereocenters. The summed E-state index contributed by atoms with van der Waals surface area (Å²) in [6.07, 6.45) is 0. The van der Waals surface area contributed by atoms with E-state index in [1.807, 2.05) is 0 Å². The Morgan fingerprint density at radius 3 is 2.94 bits per heavy atom. The van der Waals surface area contributed by atoms with E-state index in [1.165, 1.54) is 28.8 Å². The average molecular weight is 267 g/mol. The summed E-state index contributed by atoms with van der Waals surface area (Å²) in [5.41, 5.74) is 0.605. The fourth-order valence-corrected chi connectivity index (χ4v) is 2.18. The molecule has 0 saturated carbocycles. The van der Waals surface area contributed by atoms with Crippen molar-refractivity contribution in [2.45, 2.75) is 6.92 Å². The number of phenols is 1. The number of esters is 1. The van der Waals surface area contributed by atoms with Gasteiger partial charge >= 0.3 is 5.97 Å². The monoisotopic (exact) mass is 267 g/mol. The molecule has 0 saturated heterocycles. The van der Waals surface area contributed by atoms with Crippen LogP contribution in [0.3, 0.4) is 0 Å². The van der Waals surface area contributed by atoms with Crippen LogP contribution in [0.15, 0.2) is 23.6 Å². The molecule has 2 aromatic rings. The van der Waals surface area contributed by atoms with Crippen molar-refractivity contribution in [2.24, 2.45) is 0 Å². The molecule has 18 heavy (non-hydrogen) atoms. The highest BCUT2D eigenvalue weighted by Gasteiger charge is 2.13. The lowest BCUT2D eigenvalue weighted by molar-refractivity contribution is 0.0520. The third-order valence-electron chi connectivity index (χ3n) is 2.12. The summed E-state index contributed by atoms with van der Waals surface area (Å²) in [7, 11) is 0. The maximum Gasteiger partial charge on any atom is 0.357 e. The van der Waals surface area contributed by atoms with Crippen molar-refractivity contribution in [2.75, 3.05) is 6.61 Å². The normalized spacial score (nSPS) is 10.3. The van der Waals surface area contributed by atoms with Gasteiger partial charge in [-0.05, 0) is 19.1 Å². The zero-order valence-corrected chi connectivity index (χ0v) is 10.3. The Balaban J connectivity index is 2.32. The molecule has 2 rings (SSSR count). The number of benzene rings is 1. The Morgan fingerprint density at radius 1 is 1.50 bits per heavy atom. The molecule has 1 aromatic heterocycles. The number of nitrogens with zero attached hydrogens (tertiary/aromatic N) is 1. The summed E-state index contributed by atoms with van der Waals surface area (Å²) < 4.78 is 17.9. The highest BCUT2D eigenvalue weighted by atomic mass is 32.1. The van der Waals surface area contributed by atoms with E-state index in [2.05, 4.69) is 4.98 Å². The van der Waals surface area contributed by atoms with Crippen molar-refractivity contribution in [1.82, 2.24) is 4.98 Å². The van der Waals surface area contributed by atoms with Crippen LogP contribution >= 0.6 is 11.3 Å². The summed E-state index contributed by atoms with van der Waals surface area (Å²) >= 11 is 1.18. The Hall–Kier alpha value is -1.95. The van der Waals surface area contributed by atoms with Crippen LogP contribution < -0.4 is 0 Å². The molecule has 1 N–H and O–H groups in total. The highest BCUT2D eigenvalue weighted by molar-refractivity contribution is 7.13. The van der Waals surface area contributed by atoms with Crippen molar-refractivity contribution < 1.29 is 19.0 Å². The number of ether oxygens (including phenoxy) is 1. The number of thiazole rings is 1. The fourth-order valence-electron chi connectivity index (χ4n) is 1.40. The molecule has 0 aliphatic heterocycles. The molecule has 1 aromatic carbocycles. The lowest BCUT2D eigenvalue weighted by Gasteiger charge is -1.99. The van der Waals surface area contributed by atoms with Crippen molar-refractivity contribution >= 4 is 17.3 Å². The first kappa shape index (κ1) is 12.5. The second-order valence-electron chi connectivity index (χ2n) is 3.46. The minimum Gasteiger partial charge on any atom is -0.508 e.